The fourth-order valence-corrected chi connectivity index (χ4v) is 1.44. The summed E-state index contributed by atoms with van der Waals surface area (Å²) in [6.07, 6.45) is 0. The van der Waals surface area contributed by atoms with E-state index in [9.17, 15) is 0 Å². The molecule has 2 N–H and O–H groups in total. The van der Waals surface area contributed by atoms with Crippen molar-refractivity contribution >= 4 is 16.9 Å². The Bertz CT molecular complexity index is 140. The average molecular weight is 144 g/mol. The zero-order chi connectivity index (χ0) is 6.91. The molecular formula is C6H12N2S. The molecule has 1 heterocycles. The van der Waals surface area contributed by atoms with E-state index in [2.05, 4.69) is 18.8 Å². The van der Waals surface area contributed by atoms with E-state index >= 15 is 0 Å². The normalized spacial score (nSPS) is 25.3. The molecule has 0 aliphatic carbocycles. The minimum Gasteiger partial charge on any atom is -0.379 e. The van der Waals surface area contributed by atoms with Crippen LogP contribution in [-0.4, -0.2) is 17.5 Å². The van der Waals surface area contributed by atoms with Gasteiger partial charge in [-0.05, 0) is 5.41 Å². The fraction of sp³-hybridized carbons (Fsp3) is 0.833. The molecule has 1 aliphatic heterocycles. The minimum atomic E-state index is 0.355. The van der Waals surface area contributed by atoms with E-state index in [1.807, 2.05) is 0 Å². The smallest absolute Gasteiger partial charge is 0.153 e. The Morgan fingerprint density at radius 3 is 2.67 bits per heavy atom. The van der Waals surface area contributed by atoms with Gasteiger partial charge >= 0.3 is 0 Å². The number of nitrogens with zero attached hydrogens (tertiary/aromatic N) is 1. The zero-order valence-electron chi connectivity index (χ0n) is 5.85. The Hall–Kier alpha value is -0.180. The van der Waals surface area contributed by atoms with Gasteiger partial charge in [0, 0.05) is 12.3 Å². The summed E-state index contributed by atoms with van der Waals surface area (Å²) in [6.45, 7) is 5.29. The Morgan fingerprint density at radius 2 is 2.33 bits per heavy atom. The molecule has 0 bridgehead atoms. The highest BCUT2D eigenvalue weighted by Crippen LogP contribution is 2.25. The molecule has 2 nitrogen and oxygen atoms in total. The van der Waals surface area contributed by atoms with E-state index in [-0.39, 0.29) is 0 Å². The Kier molecular flexibility index (Phi) is 1.70. The quantitative estimate of drug-likeness (QED) is 0.552. The third kappa shape index (κ3) is 1.90. The molecule has 0 saturated carbocycles. The van der Waals surface area contributed by atoms with Crippen LogP contribution in [0.2, 0.25) is 0 Å². The molecule has 1 rings (SSSR count). The summed E-state index contributed by atoms with van der Waals surface area (Å²) >= 11 is 1.65. The second-order valence-corrected chi connectivity index (χ2v) is 4.10. The van der Waals surface area contributed by atoms with Gasteiger partial charge < -0.3 is 5.73 Å². The second-order valence-electron chi connectivity index (χ2n) is 3.11. The Balaban J connectivity index is 2.56. The van der Waals surface area contributed by atoms with Crippen molar-refractivity contribution in [3.63, 3.8) is 0 Å². The maximum Gasteiger partial charge on any atom is 0.153 e. The van der Waals surface area contributed by atoms with E-state index in [1.54, 1.807) is 11.8 Å². The summed E-state index contributed by atoms with van der Waals surface area (Å²) in [4.78, 5) is 4.14. The van der Waals surface area contributed by atoms with Crippen molar-refractivity contribution in [3.05, 3.63) is 0 Å². The first-order valence-electron chi connectivity index (χ1n) is 3.03. The van der Waals surface area contributed by atoms with Crippen LogP contribution in [0.5, 0.6) is 0 Å². The Labute approximate surface area is 59.9 Å². The molecule has 0 unspecified atom stereocenters. The first-order chi connectivity index (χ1) is 4.10. The topological polar surface area (TPSA) is 38.4 Å². The van der Waals surface area contributed by atoms with Gasteiger partial charge in [-0.3, -0.25) is 4.99 Å². The zero-order valence-corrected chi connectivity index (χ0v) is 6.66. The molecule has 1 aliphatic rings. The van der Waals surface area contributed by atoms with Crippen LogP contribution < -0.4 is 5.73 Å². The highest BCUT2D eigenvalue weighted by molar-refractivity contribution is 8.13. The fourth-order valence-electron chi connectivity index (χ4n) is 0.653. The first-order valence-corrected chi connectivity index (χ1v) is 4.01. The molecule has 0 aromatic rings. The van der Waals surface area contributed by atoms with Gasteiger partial charge in [-0.1, -0.05) is 25.6 Å². The van der Waals surface area contributed by atoms with E-state index in [4.69, 9.17) is 5.73 Å². The standard InChI is InChI=1S/C6H12N2S/c1-6(2)3-8-5(7)9-4-6/h3-4H2,1-2H3,(H2,7,8). The van der Waals surface area contributed by atoms with Crippen LogP contribution in [-0.2, 0) is 0 Å². The van der Waals surface area contributed by atoms with Crippen molar-refractivity contribution in [2.75, 3.05) is 12.3 Å². The van der Waals surface area contributed by atoms with Crippen LogP contribution >= 0.6 is 11.8 Å². The molecule has 0 fully saturated rings. The maximum atomic E-state index is 5.47. The van der Waals surface area contributed by atoms with Gasteiger partial charge in [0.05, 0.1) is 0 Å². The van der Waals surface area contributed by atoms with Gasteiger partial charge in [0.2, 0.25) is 0 Å². The number of thioether (sulfide) groups is 1. The number of aliphatic imine (C=N–C) groups is 1. The highest BCUT2D eigenvalue weighted by atomic mass is 32.2. The van der Waals surface area contributed by atoms with Crippen LogP contribution in [0.3, 0.4) is 0 Å². The number of nitrogens with two attached hydrogens (primary N) is 1. The highest BCUT2D eigenvalue weighted by Gasteiger charge is 2.21. The van der Waals surface area contributed by atoms with E-state index in [0.717, 1.165) is 17.5 Å². The van der Waals surface area contributed by atoms with Gasteiger partial charge in [0.25, 0.3) is 0 Å². The van der Waals surface area contributed by atoms with Crippen LogP contribution in [0.1, 0.15) is 13.8 Å². The molecule has 0 aromatic carbocycles. The lowest BCUT2D eigenvalue weighted by Crippen LogP contribution is -2.27. The van der Waals surface area contributed by atoms with Gasteiger partial charge in [0.15, 0.2) is 5.17 Å². The molecule has 52 valence electrons. The summed E-state index contributed by atoms with van der Waals surface area (Å²) < 4.78 is 0. The first kappa shape index (κ1) is 6.93. The van der Waals surface area contributed by atoms with Gasteiger partial charge in [-0.15, -0.1) is 0 Å². The Morgan fingerprint density at radius 1 is 1.67 bits per heavy atom. The lowest BCUT2D eigenvalue weighted by atomic mass is 9.97. The second kappa shape index (κ2) is 2.21. The summed E-state index contributed by atoms with van der Waals surface area (Å²) in [5.74, 6) is 1.10. The van der Waals surface area contributed by atoms with Gasteiger partial charge in [0.1, 0.15) is 0 Å². The van der Waals surface area contributed by atoms with Crippen LogP contribution in [0.15, 0.2) is 4.99 Å². The molecule has 0 radical (unpaired) electrons. The van der Waals surface area contributed by atoms with Crippen LogP contribution in [0.4, 0.5) is 0 Å². The van der Waals surface area contributed by atoms with Crippen molar-refractivity contribution in [2.45, 2.75) is 13.8 Å². The SMILES string of the molecule is CC1(C)CN=C(N)SC1. The molecule has 0 spiro atoms. The van der Waals surface area contributed by atoms with Crippen molar-refractivity contribution < 1.29 is 0 Å². The van der Waals surface area contributed by atoms with E-state index in [1.165, 1.54) is 0 Å². The molecule has 0 saturated heterocycles. The largest absolute Gasteiger partial charge is 0.379 e. The molecular weight excluding hydrogens is 132 g/mol. The van der Waals surface area contributed by atoms with Crippen molar-refractivity contribution in [1.82, 2.24) is 0 Å². The summed E-state index contributed by atoms with van der Waals surface area (Å²) in [6, 6.07) is 0. The van der Waals surface area contributed by atoms with Gasteiger partial charge in [-0.25, -0.2) is 0 Å². The molecule has 9 heavy (non-hydrogen) atoms. The van der Waals surface area contributed by atoms with Crippen molar-refractivity contribution in [3.8, 4) is 0 Å². The number of hydrogen-bond donors (Lipinski definition) is 1. The minimum absolute atomic E-state index is 0.355. The predicted octanol–water partition coefficient (Wildman–Crippen LogP) is 1.07. The number of amidine groups is 1. The maximum absolute atomic E-state index is 5.47. The molecule has 0 aromatic heterocycles. The lowest BCUT2D eigenvalue weighted by Gasteiger charge is -2.25. The summed E-state index contributed by atoms with van der Waals surface area (Å²) in [5, 5.41) is 0.745. The molecule has 0 atom stereocenters. The van der Waals surface area contributed by atoms with Crippen molar-refractivity contribution in [2.24, 2.45) is 16.1 Å². The monoisotopic (exact) mass is 144 g/mol. The number of rotatable bonds is 0. The van der Waals surface area contributed by atoms with Crippen LogP contribution in [0.25, 0.3) is 0 Å². The third-order valence-corrected chi connectivity index (χ3v) is 2.62. The lowest BCUT2D eigenvalue weighted by molar-refractivity contribution is 0.437. The predicted molar refractivity (Wildman–Crippen MR) is 42.7 cm³/mol. The molecule has 3 heteroatoms. The summed E-state index contributed by atoms with van der Waals surface area (Å²) in [7, 11) is 0. The van der Waals surface area contributed by atoms with E-state index in [0.29, 0.717) is 5.41 Å². The summed E-state index contributed by atoms with van der Waals surface area (Å²) in [5.41, 5.74) is 5.82. The van der Waals surface area contributed by atoms with Crippen molar-refractivity contribution in [1.29, 1.82) is 0 Å². The number of hydrogen-bond acceptors (Lipinski definition) is 3. The van der Waals surface area contributed by atoms with Crippen LogP contribution in [0, 0.1) is 5.41 Å². The average Bonchev–Trinajstić information content (AvgIpc) is 1.78. The van der Waals surface area contributed by atoms with Gasteiger partial charge in [-0.2, -0.15) is 0 Å². The molecule has 0 amide bonds. The van der Waals surface area contributed by atoms with E-state index < -0.39 is 0 Å². The third-order valence-electron chi connectivity index (χ3n) is 1.27.